The molecule has 0 bridgehead atoms. The minimum atomic E-state index is -0.141. The van der Waals surface area contributed by atoms with E-state index in [0.717, 1.165) is 46.1 Å². The quantitative estimate of drug-likeness (QED) is 0.662. The Hall–Kier alpha value is -2.79. The van der Waals surface area contributed by atoms with Gasteiger partial charge in [-0.2, -0.15) is 5.10 Å². The summed E-state index contributed by atoms with van der Waals surface area (Å²) in [5.74, 6) is 1.70. The maximum Gasteiger partial charge on any atom is 0.162 e. The fourth-order valence-corrected chi connectivity index (χ4v) is 4.40. The van der Waals surface area contributed by atoms with E-state index in [1.807, 2.05) is 43.3 Å². The third kappa shape index (κ3) is 2.61. The second-order valence-corrected chi connectivity index (χ2v) is 7.59. The number of hydrogen-bond acceptors (Lipinski definition) is 4. The van der Waals surface area contributed by atoms with Gasteiger partial charge in [0, 0.05) is 45.8 Å². The number of ketones is 1. The second kappa shape index (κ2) is 6.13. The molecule has 0 fully saturated rings. The number of benzene rings is 1. The lowest BCUT2D eigenvalue weighted by molar-refractivity contribution is -0.116. The van der Waals surface area contributed by atoms with Crippen molar-refractivity contribution in [3.63, 3.8) is 0 Å². The number of fused-ring (bicyclic) bond motifs is 1. The molecular weight excluding hydrogens is 362 g/mol. The number of furan rings is 1. The molecule has 2 aromatic heterocycles. The standard InChI is InChI=1S/C21H18ClN3O2/c1-11-18-19(12-4-6-14(22)7-5-12)20-15(23-21(18)25-24-11)9-13(10-16(20)26)17-3-2-8-27-17/h2-8,13,19H,9-10H2,1H3,(H2,23,24,25)/t13-,19+/m1/s1. The van der Waals surface area contributed by atoms with Crippen LogP contribution in [0.2, 0.25) is 5.02 Å². The zero-order chi connectivity index (χ0) is 18.5. The molecule has 3 heterocycles. The molecule has 5 rings (SSSR count). The average molecular weight is 380 g/mol. The number of aryl methyl sites for hydroxylation is 1. The first-order chi connectivity index (χ1) is 13.1. The van der Waals surface area contributed by atoms with E-state index in [1.165, 1.54) is 0 Å². The highest BCUT2D eigenvalue weighted by Gasteiger charge is 2.40. The molecule has 5 nitrogen and oxygen atoms in total. The number of carbonyl (C=O) groups excluding carboxylic acids is 1. The molecule has 1 aliphatic carbocycles. The number of aromatic nitrogens is 2. The minimum absolute atomic E-state index is 0.0474. The SMILES string of the molecule is Cc1[nH]nc2c1[C@H](c1ccc(Cl)cc1)C1=C(C[C@@H](c3ccco3)CC1=O)N2. The monoisotopic (exact) mass is 379 g/mol. The van der Waals surface area contributed by atoms with Gasteiger partial charge in [0.2, 0.25) is 0 Å². The van der Waals surface area contributed by atoms with Crippen molar-refractivity contribution in [1.29, 1.82) is 0 Å². The van der Waals surface area contributed by atoms with Crippen LogP contribution in [-0.2, 0) is 4.79 Å². The Morgan fingerprint density at radius 1 is 1.19 bits per heavy atom. The summed E-state index contributed by atoms with van der Waals surface area (Å²) in [7, 11) is 0. The summed E-state index contributed by atoms with van der Waals surface area (Å²) in [5.41, 5.74) is 4.80. The highest BCUT2D eigenvalue weighted by molar-refractivity contribution is 6.30. The number of anilines is 1. The van der Waals surface area contributed by atoms with Gasteiger partial charge in [-0.25, -0.2) is 0 Å². The lowest BCUT2D eigenvalue weighted by Gasteiger charge is -2.34. The Kier molecular flexibility index (Phi) is 3.72. The fraction of sp³-hybridized carbons (Fsp3) is 0.238. The van der Waals surface area contributed by atoms with Gasteiger partial charge >= 0.3 is 0 Å². The zero-order valence-corrected chi connectivity index (χ0v) is 15.5. The number of carbonyl (C=O) groups is 1. The largest absolute Gasteiger partial charge is 0.469 e. The van der Waals surface area contributed by atoms with Crippen molar-refractivity contribution in [2.45, 2.75) is 31.6 Å². The number of aromatic amines is 1. The fourth-order valence-electron chi connectivity index (χ4n) is 4.27. The van der Waals surface area contributed by atoms with E-state index >= 15 is 0 Å². The normalized spacial score (nSPS) is 21.6. The van der Waals surface area contributed by atoms with Crippen molar-refractivity contribution in [2.75, 3.05) is 5.32 Å². The summed E-state index contributed by atoms with van der Waals surface area (Å²) in [6, 6.07) is 11.5. The minimum Gasteiger partial charge on any atom is -0.469 e. The maximum absolute atomic E-state index is 13.2. The average Bonchev–Trinajstić information content (AvgIpc) is 3.31. The van der Waals surface area contributed by atoms with E-state index in [-0.39, 0.29) is 17.6 Å². The molecule has 2 N–H and O–H groups in total. The topological polar surface area (TPSA) is 70.9 Å². The Morgan fingerprint density at radius 3 is 2.74 bits per heavy atom. The number of allylic oxidation sites excluding steroid dienone is 2. The Balaban J connectivity index is 1.64. The molecule has 1 aliphatic heterocycles. The number of nitrogens with zero attached hydrogens (tertiary/aromatic N) is 1. The number of H-pyrrole nitrogens is 1. The van der Waals surface area contributed by atoms with Crippen molar-refractivity contribution < 1.29 is 9.21 Å². The van der Waals surface area contributed by atoms with Gasteiger partial charge in [0.15, 0.2) is 11.6 Å². The molecule has 2 aliphatic rings. The van der Waals surface area contributed by atoms with Crippen LogP contribution >= 0.6 is 11.6 Å². The first-order valence-electron chi connectivity index (χ1n) is 8.99. The molecule has 0 saturated heterocycles. The number of rotatable bonds is 2. The van der Waals surface area contributed by atoms with E-state index in [4.69, 9.17) is 16.0 Å². The van der Waals surface area contributed by atoms with Crippen LogP contribution in [0.5, 0.6) is 0 Å². The van der Waals surface area contributed by atoms with Crippen LogP contribution in [0.3, 0.4) is 0 Å². The highest BCUT2D eigenvalue weighted by atomic mass is 35.5. The van der Waals surface area contributed by atoms with Crippen LogP contribution in [0, 0.1) is 6.92 Å². The molecule has 0 radical (unpaired) electrons. The summed E-state index contributed by atoms with van der Waals surface area (Å²) < 4.78 is 5.56. The van der Waals surface area contributed by atoms with Crippen molar-refractivity contribution in [3.8, 4) is 0 Å². The smallest absolute Gasteiger partial charge is 0.162 e. The number of hydrogen-bond donors (Lipinski definition) is 2. The van der Waals surface area contributed by atoms with Crippen LogP contribution in [0.1, 0.15) is 47.3 Å². The maximum atomic E-state index is 13.2. The third-order valence-corrected chi connectivity index (χ3v) is 5.75. The second-order valence-electron chi connectivity index (χ2n) is 7.16. The molecule has 0 saturated carbocycles. The van der Waals surface area contributed by atoms with Gasteiger partial charge in [-0.1, -0.05) is 23.7 Å². The van der Waals surface area contributed by atoms with E-state index < -0.39 is 0 Å². The lowest BCUT2D eigenvalue weighted by atomic mass is 9.73. The molecule has 27 heavy (non-hydrogen) atoms. The summed E-state index contributed by atoms with van der Waals surface area (Å²) in [6.45, 7) is 1.99. The van der Waals surface area contributed by atoms with Crippen LogP contribution < -0.4 is 5.32 Å². The van der Waals surface area contributed by atoms with Crippen molar-refractivity contribution in [3.05, 3.63) is 81.5 Å². The summed E-state index contributed by atoms with van der Waals surface area (Å²) in [5, 5.41) is 11.6. The van der Waals surface area contributed by atoms with Crippen LogP contribution in [0.15, 0.2) is 58.3 Å². The summed E-state index contributed by atoms with van der Waals surface area (Å²) >= 11 is 6.08. The summed E-state index contributed by atoms with van der Waals surface area (Å²) in [4.78, 5) is 13.2. The Morgan fingerprint density at radius 2 is 2.00 bits per heavy atom. The first kappa shape index (κ1) is 16.4. The number of Topliss-reactive ketones (excluding diaryl/α,β-unsaturated/α-hetero) is 1. The van der Waals surface area contributed by atoms with Gasteiger partial charge < -0.3 is 9.73 Å². The van der Waals surface area contributed by atoms with E-state index in [0.29, 0.717) is 11.4 Å². The Bertz CT molecular complexity index is 1050. The van der Waals surface area contributed by atoms with Gasteiger partial charge in [-0.15, -0.1) is 0 Å². The van der Waals surface area contributed by atoms with Crippen LogP contribution in [-0.4, -0.2) is 16.0 Å². The van der Waals surface area contributed by atoms with Gasteiger partial charge in [-0.3, -0.25) is 9.89 Å². The van der Waals surface area contributed by atoms with Gasteiger partial charge in [0.05, 0.1) is 6.26 Å². The highest BCUT2D eigenvalue weighted by Crippen LogP contribution is 2.48. The van der Waals surface area contributed by atoms with Crippen molar-refractivity contribution >= 4 is 23.2 Å². The molecule has 3 aromatic rings. The molecule has 6 heteroatoms. The number of halogens is 1. The van der Waals surface area contributed by atoms with Crippen LogP contribution in [0.4, 0.5) is 5.82 Å². The molecule has 0 amide bonds. The molecule has 0 unspecified atom stereocenters. The molecule has 0 spiro atoms. The van der Waals surface area contributed by atoms with Crippen molar-refractivity contribution in [2.24, 2.45) is 0 Å². The lowest BCUT2D eigenvalue weighted by Crippen LogP contribution is -2.29. The van der Waals surface area contributed by atoms with Gasteiger partial charge in [0.1, 0.15) is 5.76 Å². The van der Waals surface area contributed by atoms with E-state index in [1.54, 1.807) is 6.26 Å². The number of nitrogens with one attached hydrogen (secondary N) is 2. The first-order valence-corrected chi connectivity index (χ1v) is 9.36. The zero-order valence-electron chi connectivity index (χ0n) is 14.8. The summed E-state index contributed by atoms with van der Waals surface area (Å²) in [6.07, 6.45) is 2.83. The molecule has 136 valence electrons. The third-order valence-electron chi connectivity index (χ3n) is 5.50. The predicted molar refractivity (Wildman–Crippen MR) is 103 cm³/mol. The van der Waals surface area contributed by atoms with Gasteiger partial charge in [-0.05, 0) is 43.2 Å². The molecular formula is C21H18ClN3O2. The van der Waals surface area contributed by atoms with E-state index in [9.17, 15) is 4.79 Å². The predicted octanol–water partition coefficient (Wildman–Crippen LogP) is 4.92. The molecule has 1 aromatic carbocycles. The van der Waals surface area contributed by atoms with E-state index in [2.05, 4.69) is 15.5 Å². The molecule has 2 atom stereocenters. The van der Waals surface area contributed by atoms with Gasteiger partial charge in [0.25, 0.3) is 0 Å². The van der Waals surface area contributed by atoms with Crippen molar-refractivity contribution in [1.82, 2.24) is 10.2 Å². The Labute approximate surface area is 161 Å². The van der Waals surface area contributed by atoms with Crippen LogP contribution in [0.25, 0.3) is 0 Å².